The molecule has 7 rings (SSSR count). The lowest BCUT2D eigenvalue weighted by atomic mass is 10.1. The smallest absolute Gasteiger partial charge is 0.305 e. The van der Waals surface area contributed by atoms with Crippen LogP contribution in [0.15, 0.2) is 66.7 Å². The van der Waals surface area contributed by atoms with Gasteiger partial charge >= 0.3 is 11.9 Å². The first kappa shape index (κ1) is 39.1. The van der Waals surface area contributed by atoms with Gasteiger partial charge in [-0.25, -0.2) is 19.9 Å². The maximum Gasteiger partial charge on any atom is 0.305 e. The fourth-order valence-corrected chi connectivity index (χ4v) is 8.77. The second-order valence-corrected chi connectivity index (χ2v) is 15.2. The van der Waals surface area contributed by atoms with Crippen LogP contribution < -0.4 is 10.1 Å². The van der Waals surface area contributed by atoms with Crippen LogP contribution in [0.1, 0.15) is 55.7 Å². The third kappa shape index (κ3) is 9.54. The molecule has 0 fully saturated rings. The molecule has 1 N–H and O–H groups in total. The summed E-state index contributed by atoms with van der Waals surface area (Å²) >= 11 is 15.9. The average molecular weight is 805 g/mol. The van der Waals surface area contributed by atoms with Gasteiger partial charge in [0, 0.05) is 52.4 Å². The fourth-order valence-electron chi connectivity index (χ4n) is 5.96. The van der Waals surface area contributed by atoms with Crippen molar-refractivity contribution < 1.29 is 23.8 Å². The molecule has 4 aromatic heterocycles. The van der Waals surface area contributed by atoms with Gasteiger partial charge in [-0.3, -0.25) is 9.59 Å². The number of rotatable bonds is 14. The summed E-state index contributed by atoms with van der Waals surface area (Å²) in [6.07, 6.45) is 5.40. The van der Waals surface area contributed by atoms with Crippen LogP contribution >= 0.6 is 45.9 Å². The van der Waals surface area contributed by atoms with Gasteiger partial charge in [-0.1, -0.05) is 65.7 Å². The molecule has 4 heterocycles. The molecule has 0 unspecified atom stereocenters. The summed E-state index contributed by atoms with van der Waals surface area (Å²) in [7, 11) is 4.42. The lowest BCUT2D eigenvalue weighted by molar-refractivity contribution is -0.141. The minimum absolute atomic E-state index is 0.182. The standard InChI is InChI=1S/C24H24ClN3O3S.C16H15ClN2O2S/c1-30-18-12-11-15(13-17(18)25)14-26-23-22-16-7-3-4-8-19(16)32-24(22)28-20(27-23)9-5-6-10-21(29)31-2;1-21-13(20)9-5-4-8-12-18-15(17)14-10-6-2-3-7-11(10)22-16(14)19-12/h3-4,7-8,11-13H,5-6,9-10,14H2,1-2H3,(H,26,27,28);2-3,6-7H,4-5,8-9H2,1H3. The number of thiophene rings is 2. The normalized spacial score (nSPS) is 11.1. The molecule has 0 saturated carbocycles. The number of ether oxygens (including phenoxy) is 3. The monoisotopic (exact) mass is 803 g/mol. The summed E-state index contributed by atoms with van der Waals surface area (Å²) < 4.78 is 16.9. The third-order valence-electron chi connectivity index (χ3n) is 8.72. The van der Waals surface area contributed by atoms with Crippen LogP contribution in [-0.4, -0.2) is 53.2 Å². The number of benzene rings is 3. The highest BCUT2D eigenvalue weighted by Crippen LogP contribution is 2.38. The first-order chi connectivity index (χ1) is 26.3. The van der Waals surface area contributed by atoms with Gasteiger partial charge in [0.05, 0.1) is 37.1 Å². The number of aryl methyl sites for hydroxylation is 2. The van der Waals surface area contributed by atoms with Crippen LogP contribution in [-0.2, 0) is 38.4 Å². The zero-order valence-corrected chi connectivity index (χ0v) is 33.3. The van der Waals surface area contributed by atoms with Gasteiger partial charge in [-0.15, -0.1) is 22.7 Å². The highest BCUT2D eigenvalue weighted by Gasteiger charge is 2.16. The minimum atomic E-state index is -0.189. The maximum atomic E-state index is 11.4. The van der Waals surface area contributed by atoms with Crippen molar-refractivity contribution in [3.8, 4) is 5.75 Å². The average Bonchev–Trinajstić information content (AvgIpc) is 3.76. The number of nitrogens with one attached hydrogen (secondary N) is 1. The zero-order chi connectivity index (χ0) is 38.0. The number of halogens is 2. The van der Waals surface area contributed by atoms with Crippen LogP contribution in [0.2, 0.25) is 10.2 Å². The van der Waals surface area contributed by atoms with Crippen molar-refractivity contribution >= 4 is 104 Å². The van der Waals surface area contributed by atoms with E-state index in [1.807, 2.05) is 48.5 Å². The first-order valence-electron chi connectivity index (χ1n) is 17.5. The molecule has 7 aromatic rings. The van der Waals surface area contributed by atoms with Crippen LogP contribution in [0.4, 0.5) is 5.82 Å². The Hall–Kier alpha value is -4.62. The van der Waals surface area contributed by atoms with Crippen molar-refractivity contribution in [3.63, 3.8) is 0 Å². The zero-order valence-electron chi connectivity index (χ0n) is 30.1. The number of aromatic nitrogens is 4. The minimum Gasteiger partial charge on any atom is -0.495 e. The van der Waals surface area contributed by atoms with Crippen LogP contribution in [0.3, 0.4) is 0 Å². The van der Waals surface area contributed by atoms with E-state index in [2.05, 4.69) is 38.2 Å². The van der Waals surface area contributed by atoms with Crippen LogP contribution in [0.5, 0.6) is 5.75 Å². The molecule has 0 saturated heterocycles. The van der Waals surface area contributed by atoms with Gasteiger partial charge in [0.25, 0.3) is 0 Å². The Morgan fingerprint density at radius 1 is 0.685 bits per heavy atom. The largest absolute Gasteiger partial charge is 0.495 e. The first-order valence-corrected chi connectivity index (χ1v) is 19.9. The number of hydrogen-bond donors (Lipinski definition) is 1. The summed E-state index contributed by atoms with van der Waals surface area (Å²) in [5.41, 5.74) is 1.03. The van der Waals surface area contributed by atoms with Crippen molar-refractivity contribution in [1.29, 1.82) is 0 Å². The number of carbonyl (C=O) groups is 2. The Balaban J connectivity index is 0.000000197. The molecule has 0 aliphatic carbocycles. The highest BCUT2D eigenvalue weighted by molar-refractivity contribution is 7.26. The Bertz CT molecular complexity index is 2420. The van der Waals surface area contributed by atoms with E-state index in [1.54, 1.807) is 29.8 Å². The molecule has 0 aliphatic rings. The van der Waals surface area contributed by atoms with E-state index in [1.165, 1.54) is 18.9 Å². The number of anilines is 1. The Morgan fingerprint density at radius 3 is 1.81 bits per heavy atom. The molecule has 10 nitrogen and oxygen atoms in total. The highest BCUT2D eigenvalue weighted by atomic mass is 35.5. The lowest BCUT2D eigenvalue weighted by Gasteiger charge is -2.11. The number of carbonyl (C=O) groups excluding carboxylic acids is 2. The van der Waals surface area contributed by atoms with Crippen LogP contribution in [0, 0.1) is 0 Å². The van der Waals surface area contributed by atoms with E-state index in [-0.39, 0.29) is 11.9 Å². The molecule has 0 spiro atoms. The van der Waals surface area contributed by atoms with E-state index in [4.69, 9.17) is 42.6 Å². The second-order valence-electron chi connectivity index (χ2n) is 12.4. The molecule has 0 bridgehead atoms. The number of esters is 2. The third-order valence-corrected chi connectivity index (χ3v) is 11.4. The second kappa shape index (κ2) is 18.6. The molecular weight excluding hydrogens is 766 g/mol. The summed E-state index contributed by atoms with van der Waals surface area (Å²) in [4.78, 5) is 43.0. The van der Waals surface area contributed by atoms with Crippen molar-refractivity contribution in [1.82, 2.24) is 19.9 Å². The van der Waals surface area contributed by atoms with Gasteiger partial charge in [0.1, 0.15) is 38.0 Å². The van der Waals surface area contributed by atoms with Crippen molar-refractivity contribution in [3.05, 3.63) is 94.1 Å². The van der Waals surface area contributed by atoms with Crippen molar-refractivity contribution in [2.24, 2.45) is 0 Å². The molecular formula is C40H39Cl2N5O5S2. The quantitative estimate of drug-likeness (QED) is 0.0645. The van der Waals surface area contributed by atoms with Crippen LogP contribution in [0.25, 0.3) is 40.6 Å². The topological polar surface area (TPSA) is 125 Å². The molecule has 0 atom stereocenters. The van der Waals surface area contributed by atoms with Gasteiger partial charge < -0.3 is 19.5 Å². The Kier molecular flexibility index (Phi) is 13.5. The molecule has 54 heavy (non-hydrogen) atoms. The van der Waals surface area contributed by atoms with Crippen molar-refractivity contribution in [2.45, 2.75) is 57.9 Å². The van der Waals surface area contributed by atoms with E-state index in [0.29, 0.717) is 48.2 Å². The van der Waals surface area contributed by atoms with Crippen molar-refractivity contribution in [2.75, 3.05) is 26.6 Å². The van der Waals surface area contributed by atoms with E-state index in [0.717, 1.165) is 84.6 Å². The van der Waals surface area contributed by atoms with Gasteiger partial charge in [0.2, 0.25) is 0 Å². The number of fused-ring (bicyclic) bond motifs is 6. The predicted octanol–water partition coefficient (Wildman–Crippen LogP) is 10.4. The molecule has 0 amide bonds. The van der Waals surface area contributed by atoms with Gasteiger partial charge in [-0.05, 0) is 55.5 Å². The van der Waals surface area contributed by atoms with Gasteiger partial charge in [0.15, 0.2) is 0 Å². The fraction of sp³-hybridized carbons (Fsp3) is 0.300. The van der Waals surface area contributed by atoms with E-state index < -0.39 is 0 Å². The summed E-state index contributed by atoms with van der Waals surface area (Å²) in [6.45, 7) is 0.571. The summed E-state index contributed by atoms with van der Waals surface area (Å²) in [5.74, 6) is 2.59. The number of methoxy groups -OCH3 is 3. The molecule has 0 aliphatic heterocycles. The predicted molar refractivity (Wildman–Crippen MR) is 219 cm³/mol. The van der Waals surface area contributed by atoms with Gasteiger partial charge in [-0.2, -0.15) is 0 Å². The maximum absolute atomic E-state index is 11.4. The molecule has 280 valence electrons. The molecule has 14 heteroatoms. The van der Waals surface area contributed by atoms with E-state index in [9.17, 15) is 9.59 Å². The lowest BCUT2D eigenvalue weighted by Crippen LogP contribution is -2.06. The molecule has 3 aromatic carbocycles. The Morgan fingerprint density at radius 2 is 1.24 bits per heavy atom. The summed E-state index contributed by atoms with van der Waals surface area (Å²) in [5, 5.41) is 8.77. The number of unbranched alkanes of at least 4 members (excludes halogenated alkanes) is 2. The number of hydrogen-bond acceptors (Lipinski definition) is 12. The SMILES string of the molecule is COC(=O)CCCCc1nc(Cl)c2c(n1)sc1ccccc12.COC(=O)CCCCc1nc(NCc2ccc(OC)c(Cl)c2)c2c(n1)sc1ccccc12. The van der Waals surface area contributed by atoms with E-state index >= 15 is 0 Å². The Labute approximate surface area is 330 Å². The molecule has 0 radical (unpaired) electrons. The number of nitrogens with zero attached hydrogens (tertiary/aromatic N) is 4. The summed E-state index contributed by atoms with van der Waals surface area (Å²) in [6, 6.07) is 22.1.